The fourth-order valence-electron chi connectivity index (χ4n) is 4.07. The molecule has 0 bridgehead atoms. The predicted molar refractivity (Wildman–Crippen MR) is 104 cm³/mol. The van der Waals surface area contributed by atoms with Crippen molar-refractivity contribution in [3.8, 4) is 0 Å². The number of rotatable bonds is 3. The zero-order chi connectivity index (χ0) is 17.6. The Bertz CT molecular complexity index is 539. The Morgan fingerprint density at radius 2 is 1.56 bits per heavy atom. The zero-order valence-corrected chi connectivity index (χ0v) is 15.8. The summed E-state index contributed by atoms with van der Waals surface area (Å²) in [6, 6.07) is 9.01. The molecule has 1 aliphatic heterocycles. The largest absolute Gasteiger partial charge is 0.322 e. The summed E-state index contributed by atoms with van der Waals surface area (Å²) in [5.74, 6) is 0.516. The number of nitrogens with one attached hydrogen (secondary N) is 1. The molecule has 0 spiro atoms. The van der Waals surface area contributed by atoms with E-state index in [1.54, 1.807) is 0 Å². The standard InChI is InChI=1S/C21H33N3O/c1-17(2)18-9-11-19(12-10-18)22-21(25)24-15-13-23(14-16-24)20-7-5-3-4-6-8-20/h9-12,17,20H,3-8,13-16H2,1-2H3,(H,22,25). The fourth-order valence-corrected chi connectivity index (χ4v) is 4.07. The van der Waals surface area contributed by atoms with Crippen molar-refractivity contribution in [1.82, 2.24) is 9.80 Å². The number of carbonyl (C=O) groups excluding carboxylic acids is 1. The van der Waals surface area contributed by atoms with Crippen LogP contribution in [0.4, 0.5) is 10.5 Å². The summed E-state index contributed by atoms with van der Waals surface area (Å²) in [7, 11) is 0. The normalized spacial score (nSPS) is 20.5. The van der Waals surface area contributed by atoms with Crippen LogP contribution in [0.1, 0.15) is 63.9 Å². The van der Waals surface area contributed by atoms with Crippen molar-refractivity contribution in [3.63, 3.8) is 0 Å². The monoisotopic (exact) mass is 343 g/mol. The minimum atomic E-state index is 0.0396. The Kier molecular flexibility index (Phi) is 6.35. The minimum absolute atomic E-state index is 0.0396. The molecule has 138 valence electrons. The van der Waals surface area contributed by atoms with Gasteiger partial charge in [-0.2, -0.15) is 0 Å². The molecule has 4 heteroatoms. The molecule has 2 aliphatic rings. The lowest BCUT2D eigenvalue weighted by Crippen LogP contribution is -2.52. The summed E-state index contributed by atoms with van der Waals surface area (Å²) in [6.45, 7) is 8.08. The maximum atomic E-state index is 12.5. The molecule has 1 aromatic carbocycles. The van der Waals surface area contributed by atoms with E-state index in [0.717, 1.165) is 37.9 Å². The quantitative estimate of drug-likeness (QED) is 0.809. The van der Waals surface area contributed by atoms with Crippen molar-refractivity contribution in [2.75, 3.05) is 31.5 Å². The van der Waals surface area contributed by atoms with Gasteiger partial charge in [0.25, 0.3) is 0 Å². The summed E-state index contributed by atoms with van der Waals surface area (Å²) in [5, 5.41) is 3.05. The van der Waals surface area contributed by atoms with Crippen molar-refractivity contribution >= 4 is 11.7 Å². The topological polar surface area (TPSA) is 35.6 Å². The number of urea groups is 1. The van der Waals surface area contributed by atoms with Crippen LogP contribution in [-0.4, -0.2) is 48.1 Å². The number of benzene rings is 1. The highest BCUT2D eigenvalue weighted by Crippen LogP contribution is 2.23. The smallest absolute Gasteiger partial charge is 0.321 e. The molecule has 4 nitrogen and oxygen atoms in total. The number of anilines is 1. The van der Waals surface area contributed by atoms with E-state index in [1.165, 1.54) is 44.1 Å². The van der Waals surface area contributed by atoms with E-state index < -0.39 is 0 Å². The van der Waals surface area contributed by atoms with E-state index in [2.05, 4.69) is 36.2 Å². The van der Waals surface area contributed by atoms with Gasteiger partial charge in [0.1, 0.15) is 0 Å². The van der Waals surface area contributed by atoms with Crippen molar-refractivity contribution in [1.29, 1.82) is 0 Å². The molecule has 3 rings (SSSR count). The molecular formula is C21H33N3O. The number of piperazine rings is 1. The lowest BCUT2D eigenvalue weighted by atomic mass is 10.0. The number of hydrogen-bond donors (Lipinski definition) is 1. The number of nitrogens with zero attached hydrogens (tertiary/aromatic N) is 2. The van der Waals surface area contributed by atoms with Gasteiger partial charge in [-0.1, -0.05) is 51.7 Å². The second-order valence-electron chi connectivity index (χ2n) is 7.88. The first-order valence-corrected chi connectivity index (χ1v) is 10.0. The highest BCUT2D eigenvalue weighted by atomic mass is 16.2. The molecule has 2 amide bonds. The Labute approximate surface area is 152 Å². The molecule has 1 aromatic rings. The van der Waals surface area contributed by atoms with Crippen LogP contribution in [0.3, 0.4) is 0 Å². The summed E-state index contributed by atoms with van der Waals surface area (Å²) >= 11 is 0. The third-order valence-electron chi connectivity index (χ3n) is 5.77. The molecule has 25 heavy (non-hydrogen) atoms. The Hall–Kier alpha value is -1.55. The molecule has 1 N–H and O–H groups in total. The maximum absolute atomic E-state index is 12.5. The van der Waals surface area contributed by atoms with E-state index in [9.17, 15) is 4.79 Å². The van der Waals surface area contributed by atoms with E-state index in [-0.39, 0.29) is 6.03 Å². The summed E-state index contributed by atoms with van der Waals surface area (Å²) in [6.07, 6.45) is 8.22. The third kappa shape index (κ3) is 4.97. The third-order valence-corrected chi connectivity index (χ3v) is 5.77. The molecule has 2 fully saturated rings. The molecular weight excluding hydrogens is 310 g/mol. The summed E-state index contributed by atoms with van der Waals surface area (Å²) in [5.41, 5.74) is 2.19. The van der Waals surface area contributed by atoms with Gasteiger partial charge in [-0.15, -0.1) is 0 Å². The van der Waals surface area contributed by atoms with Gasteiger partial charge in [0.2, 0.25) is 0 Å². The lowest BCUT2D eigenvalue weighted by Gasteiger charge is -2.39. The van der Waals surface area contributed by atoms with Crippen LogP contribution >= 0.6 is 0 Å². The van der Waals surface area contributed by atoms with Crippen LogP contribution in [-0.2, 0) is 0 Å². The predicted octanol–water partition coefficient (Wildman–Crippen LogP) is 4.68. The minimum Gasteiger partial charge on any atom is -0.322 e. The Morgan fingerprint density at radius 3 is 2.12 bits per heavy atom. The number of amides is 2. The van der Waals surface area contributed by atoms with E-state index in [0.29, 0.717) is 5.92 Å². The van der Waals surface area contributed by atoms with Crippen LogP contribution in [0.2, 0.25) is 0 Å². The van der Waals surface area contributed by atoms with Crippen LogP contribution < -0.4 is 5.32 Å². The molecule has 1 saturated carbocycles. The molecule has 0 radical (unpaired) electrons. The first-order chi connectivity index (χ1) is 12.1. The second kappa shape index (κ2) is 8.70. The Morgan fingerprint density at radius 1 is 0.960 bits per heavy atom. The van der Waals surface area contributed by atoms with Gasteiger partial charge in [-0.05, 0) is 36.5 Å². The van der Waals surface area contributed by atoms with E-state index in [1.807, 2.05) is 17.0 Å². The van der Waals surface area contributed by atoms with Crippen LogP contribution in [0.25, 0.3) is 0 Å². The lowest BCUT2D eigenvalue weighted by molar-refractivity contribution is 0.105. The highest BCUT2D eigenvalue weighted by molar-refractivity contribution is 5.89. The molecule has 0 unspecified atom stereocenters. The van der Waals surface area contributed by atoms with Gasteiger partial charge in [-0.25, -0.2) is 4.79 Å². The first kappa shape index (κ1) is 18.2. The summed E-state index contributed by atoms with van der Waals surface area (Å²) < 4.78 is 0. The van der Waals surface area contributed by atoms with Gasteiger partial charge in [0.05, 0.1) is 0 Å². The van der Waals surface area contributed by atoms with Gasteiger partial charge >= 0.3 is 6.03 Å². The maximum Gasteiger partial charge on any atom is 0.321 e. The van der Waals surface area contributed by atoms with Gasteiger partial charge in [-0.3, -0.25) is 4.90 Å². The molecule has 0 aromatic heterocycles. The van der Waals surface area contributed by atoms with Crippen LogP contribution in [0.5, 0.6) is 0 Å². The van der Waals surface area contributed by atoms with Crippen molar-refractivity contribution in [2.45, 2.75) is 64.3 Å². The zero-order valence-electron chi connectivity index (χ0n) is 15.8. The Balaban J connectivity index is 1.47. The molecule has 0 atom stereocenters. The van der Waals surface area contributed by atoms with Crippen molar-refractivity contribution in [3.05, 3.63) is 29.8 Å². The first-order valence-electron chi connectivity index (χ1n) is 10.0. The fraction of sp³-hybridized carbons (Fsp3) is 0.667. The highest BCUT2D eigenvalue weighted by Gasteiger charge is 2.26. The van der Waals surface area contributed by atoms with Crippen LogP contribution in [0.15, 0.2) is 24.3 Å². The van der Waals surface area contributed by atoms with Crippen LogP contribution in [0, 0.1) is 0 Å². The van der Waals surface area contributed by atoms with E-state index >= 15 is 0 Å². The second-order valence-corrected chi connectivity index (χ2v) is 7.88. The molecule has 1 heterocycles. The van der Waals surface area contributed by atoms with Gasteiger partial charge in [0, 0.05) is 37.9 Å². The average molecular weight is 344 g/mol. The van der Waals surface area contributed by atoms with Gasteiger partial charge in [0.15, 0.2) is 0 Å². The molecule has 1 saturated heterocycles. The van der Waals surface area contributed by atoms with Gasteiger partial charge < -0.3 is 10.2 Å². The SMILES string of the molecule is CC(C)c1ccc(NC(=O)N2CCN(C3CCCCCC3)CC2)cc1. The summed E-state index contributed by atoms with van der Waals surface area (Å²) in [4.78, 5) is 17.1. The van der Waals surface area contributed by atoms with Crippen molar-refractivity contribution < 1.29 is 4.79 Å². The number of carbonyl (C=O) groups is 1. The molecule has 1 aliphatic carbocycles. The number of hydrogen-bond acceptors (Lipinski definition) is 2. The average Bonchev–Trinajstić information content (AvgIpc) is 2.92. The van der Waals surface area contributed by atoms with E-state index in [4.69, 9.17) is 0 Å². The van der Waals surface area contributed by atoms with Crippen molar-refractivity contribution in [2.24, 2.45) is 0 Å².